The van der Waals surface area contributed by atoms with Crippen LogP contribution in [0.2, 0.25) is 0 Å². The molecule has 0 aliphatic heterocycles. The molecule has 0 spiro atoms. The third kappa shape index (κ3) is 3.03. The van der Waals surface area contributed by atoms with E-state index < -0.39 is 0 Å². The minimum Gasteiger partial charge on any atom is -0.466 e. The van der Waals surface area contributed by atoms with Crippen molar-refractivity contribution in [3.63, 3.8) is 0 Å². The lowest BCUT2D eigenvalue weighted by Gasteiger charge is -2.12. The van der Waals surface area contributed by atoms with Crippen molar-refractivity contribution in [2.24, 2.45) is 0 Å². The van der Waals surface area contributed by atoms with Crippen LogP contribution < -0.4 is 0 Å². The van der Waals surface area contributed by atoms with Gasteiger partial charge in [0.1, 0.15) is 11.5 Å². The summed E-state index contributed by atoms with van der Waals surface area (Å²) >= 11 is 6.56. The standard InChI is InChI=1S/C17H21ClO/c1-5-11(2)14-6-8-15(9-7-14)17(18)16-10-12(3)19-13(16)4/h6-11,17H,5H2,1-4H3. The molecule has 1 aromatic heterocycles. The zero-order valence-corrected chi connectivity index (χ0v) is 12.8. The minimum absolute atomic E-state index is 0.136. The molecule has 0 bridgehead atoms. The molecule has 0 aliphatic rings. The van der Waals surface area contributed by atoms with Gasteiger partial charge in [0.15, 0.2) is 0 Å². The molecule has 0 saturated carbocycles. The molecule has 1 nitrogen and oxygen atoms in total. The molecular weight excluding hydrogens is 256 g/mol. The second-order valence-electron chi connectivity index (χ2n) is 5.21. The number of rotatable bonds is 4. The summed E-state index contributed by atoms with van der Waals surface area (Å²) in [5.74, 6) is 2.42. The predicted octanol–water partition coefficient (Wildman–Crippen LogP) is 5.74. The van der Waals surface area contributed by atoms with Crippen molar-refractivity contribution in [2.45, 2.75) is 45.4 Å². The van der Waals surface area contributed by atoms with E-state index in [1.165, 1.54) is 5.56 Å². The minimum atomic E-state index is -0.136. The highest BCUT2D eigenvalue weighted by Crippen LogP contribution is 2.33. The molecule has 0 aliphatic carbocycles. The van der Waals surface area contributed by atoms with Gasteiger partial charge in [0, 0.05) is 5.56 Å². The molecule has 2 unspecified atom stereocenters. The Bertz CT molecular complexity index is 539. The Morgan fingerprint density at radius 3 is 2.16 bits per heavy atom. The molecule has 1 heterocycles. The van der Waals surface area contributed by atoms with Gasteiger partial charge in [0.25, 0.3) is 0 Å². The fraction of sp³-hybridized carbons (Fsp3) is 0.412. The van der Waals surface area contributed by atoms with Gasteiger partial charge >= 0.3 is 0 Å². The van der Waals surface area contributed by atoms with Gasteiger partial charge in [0.2, 0.25) is 0 Å². The number of alkyl halides is 1. The lowest BCUT2D eigenvalue weighted by atomic mass is 9.96. The van der Waals surface area contributed by atoms with E-state index in [-0.39, 0.29) is 5.38 Å². The van der Waals surface area contributed by atoms with Crippen molar-refractivity contribution in [1.82, 2.24) is 0 Å². The first kappa shape index (κ1) is 14.2. The normalized spacial score (nSPS) is 14.4. The fourth-order valence-corrected chi connectivity index (χ4v) is 2.67. The van der Waals surface area contributed by atoms with Crippen LogP contribution in [-0.2, 0) is 0 Å². The smallest absolute Gasteiger partial charge is 0.106 e. The Hall–Kier alpha value is -1.21. The highest BCUT2D eigenvalue weighted by molar-refractivity contribution is 6.22. The van der Waals surface area contributed by atoms with E-state index in [1.807, 2.05) is 19.9 Å². The summed E-state index contributed by atoms with van der Waals surface area (Å²) in [4.78, 5) is 0. The summed E-state index contributed by atoms with van der Waals surface area (Å²) < 4.78 is 5.55. The monoisotopic (exact) mass is 276 g/mol. The Kier molecular flexibility index (Phi) is 4.36. The number of aryl methyl sites for hydroxylation is 2. The molecule has 0 fully saturated rings. The first-order chi connectivity index (χ1) is 9.02. The number of furan rings is 1. The van der Waals surface area contributed by atoms with E-state index >= 15 is 0 Å². The molecular formula is C17H21ClO. The number of hydrogen-bond donors (Lipinski definition) is 0. The molecule has 2 aromatic rings. The highest BCUT2D eigenvalue weighted by atomic mass is 35.5. The van der Waals surface area contributed by atoms with Crippen LogP contribution in [-0.4, -0.2) is 0 Å². The second-order valence-corrected chi connectivity index (χ2v) is 5.64. The van der Waals surface area contributed by atoms with E-state index in [2.05, 4.69) is 38.1 Å². The van der Waals surface area contributed by atoms with Gasteiger partial charge in [-0.1, -0.05) is 38.1 Å². The molecule has 1 aromatic carbocycles. The maximum absolute atomic E-state index is 6.56. The Morgan fingerprint density at radius 2 is 1.68 bits per heavy atom. The number of halogens is 1. The van der Waals surface area contributed by atoms with Gasteiger partial charge in [0.05, 0.1) is 5.38 Å². The lowest BCUT2D eigenvalue weighted by molar-refractivity contribution is 0.501. The highest BCUT2D eigenvalue weighted by Gasteiger charge is 2.16. The lowest BCUT2D eigenvalue weighted by Crippen LogP contribution is -1.96. The molecule has 0 N–H and O–H groups in total. The summed E-state index contributed by atoms with van der Waals surface area (Å²) in [5.41, 5.74) is 3.56. The van der Waals surface area contributed by atoms with E-state index in [9.17, 15) is 0 Å². The van der Waals surface area contributed by atoms with Crippen LogP contribution in [0.5, 0.6) is 0 Å². The Balaban J connectivity index is 2.25. The first-order valence-electron chi connectivity index (χ1n) is 6.83. The summed E-state index contributed by atoms with van der Waals surface area (Å²) in [5, 5.41) is -0.136. The topological polar surface area (TPSA) is 13.1 Å². The zero-order valence-electron chi connectivity index (χ0n) is 12.0. The fourth-order valence-electron chi connectivity index (χ4n) is 2.31. The van der Waals surface area contributed by atoms with Crippen molar-refractivity contribution in [3.8, 4) is 0 Å². The summed E-state index contributed by atoms with van der Waals surface area (Å²) in [6.07, 6.45) is 1.16. The van der Waals surface area contributed by atoms with E-state index in [0.29, 0.717) is 5.92 Å². The predicted molar refractivity (Wildman–Crippen MR) is 81.0 cm³/mol. The summed E-state index contributed by atoms with van der Waals surface area (Å²) in [6, 6.07) is 10.6. The second kappa shape index (κ2) is 5.83. The quantitative estimate of drug-likeness (QED) is 0.649. The van der Waals surface area contributed by atoms with E-state index in [1.54, 1.807) is 0 Å². The average molecular weight is 277 g/mol. The SMILES string of the molecule is CCC(C)c1ccc(C(Cl)c2cc(C)oc2C)cc1. The summed E-state index contributed by atoms with van der Waals surface area (Å²) in [7, 11) is 0. The van der Waals surface area contributed by atoms with Gasteiger partial charge in [-0.05, 0) is 43.4 Å². The van der Waals surface area contributed by atoms with Gasteiger partial charge in [-0.3, -0.25) is 0 Å². The zero-order chi connectivity index (χ0) is 14.0. The van der Waals surface area contributed by atoms with Gasteiger partial charge < -0.3 is 4.42 Å². The van der Waals surface area contributed by atoms with E-state index in [0.717, 1.165) is 29.1 Å². The van der Waals surface area contributed by atoms with Crippen LogP contribution in [0.4, 0.5) is 0 Å². The van der Waals surface area contributed by atoms with E-state index in [4.69, 9.17) is 16.0 Å². The maximum Gasteiger partial charge on any atom is 0.106 e. The largest absolute Gasteiger partial charge is 0.466 e. The van der Waals surface area contributed by atoms with Crippen molar-refractivity contribution < 1.29 is 4.42 Å². The summed E-state index contributed by atoms with van der Waals surface area (Å²) in [6.45, 7) is 8.37. The van der Waals surface area contributed by atoms with Gasteiger partial charge in [-0.2, -0.15) is 0 Å². The van der Waals surface area contributed by atoms with Crippen molar-refractivity contribution in [3.05, 3.63) is 58.5 Å². The Labute approximate surface area is 120 Å². The molecule has 2 atom stereocenters. The average Bonchev–Trinajstić information content (AvgIpc) is 2.76. The van der Waals surface area contributed by atoms with Crippen LogP contribution in [0, 0.1) is 13.8 Å². The maximum atomic E-state index is 6.56. The number of hydrogen-bond acceptors (Lipinski definition) is 1. The van der Waals surface area contributed by atoms with Crippen LogP contribution in [0.25, 0.3) is 0 Å². The van der Waals surface area contributed by atoms with Gasteiger partial charge in [-0.15, -0.1) is 11.6 Å². The molecule has 2 heteroatoms. The number of benzene rings is 1. The molecule has 19 heavy (non-hydrogen) atoms. The van der Waals surface area contributed by atoms with Crippen molar-refractivity contribution in [1.29, 1.82) is 0 Å². The van der Waals surface area contributed by atoms with Crippen LogP contribution in [0.3, 0.4) is 0 Å². The molecule has 0 radical (unpaired) electrons. The van der Waals surface area contributed by atoms with Crippen LogP contribution >= 0.6 is 11.6 Å². The van der Waals surface area contributed by atoms with Crippen molar-refractivity contribution >= 4 is 11.6 Å². The molecule has 0 saturated heterocycles. The third-order valence-corrected chi connectivity index (χ3v) is 4.25. The Morgan fingerprint density at radius 1 is 1.11 bits per heavy atom. The molecule has 102 valence electrons. The molecule has 0 amide bonds. The molecule has 2 rings (SSSR count). The van der Waals surface area contributed by atoms with Crippen LogP contribution in [0.15, 0.2) is 34.7 Å². The third-order valence-electron chi connectivity index (χ3n) is 3.76. The first-order valence-corrected chi connectivity index (χ1v) is 7.27. The van der Waals surface area contributed by atoms with Crippen molar-refractivity contribution in [2.75, 3.05) is 0 Å². The van der Waals surface area contributed by atoms with Crippen LogP contribution in [0.1, 0.15) is 59.8 Å². The van der Waals surface area contributed by atoms with Gasteiger partial charge in [-0.25, -0.2) is 0 Å².